The van der Waals surface area contributed by atoms with Gasteiger partial charge in [-0.05, 0) is 38.9 Å². The van der Waals surface area contributed by atoms with Gasteiger partial charge in [-0.2, -0.15) is 0 Å². The summed E-state index contributed by atoms with van der Waals surface area (Å²) in [6.07, 6.45) is 2.46. The monoisotopic (exact) mass is 235 g/mol. The van der Waals surface area contributed by atoms with Crippen molar-refractivity contribution in [1.29, 1.82) is 0 Å². The molecule has 1 aliphatic rings. The summed E-state index contributed by atoms with van der Waals surface area (Å²) in [6, 6.07) is 8.12. The Morgan fingerprint density at radius 3 is 2.65 bits per heavy atom. The van der Waals surface area contributed by atoms with Crippen LogP contribution in [0.25, 0.3) is 0 Å². The lowest BCUT2D eigenvalue weighted by Crippen LogP contribution is -2.28. The Kier molecular flexibility index (Phi) is 4.40. The van der Waals surface area contributed by atoms with E-state index < -0.39 is 0 Å². The second-order valence-corrected chi connectivity index (χ2v) is 4.41. The molecule has 1 fully saturated rings. The summed E-state index contributed by atoms with van der Waals surface area (Å²) >= 11 is 0. The van der Waals surface area contributed by atoms with E-state index in [4.69, 9.17) is 4.74 Å². The zero-order valence-corrected chi connectivity index (χ0v) is 10.4. The summed E-state index contributed by atoms with van der Waals surface area (Å²) in [6.45, 7) is 4.96. The van der Waals surface area contributed by atoms with Crippen LogP contribution in [0.5, 0.6) is 5.75 Å². The number of likely N-dealkylation sites (tertiary alicyclic amines) is 1. The van der Waals surface area contributed by atoms with Crippen LogP contribution in [0.1, 0.15) is 31.4 Å². The van der Waals surface area contributed by atoms with Gasteiger partial charge in [0.1, 0.15) is 5.75 Å². The number of hydrogen-bond donors (Lipinski definition) is 1. The highest BCUT2D eigenvalue weighted by Gasteiger charge is 2.24. The maximum Gasteiger partial charge on any atom is 0.124 e. The second kappa shape index (κ2) is 6.03. The quantitative estimate of drug-likeness (QED) is 0.849. The van der Waals surface area contributed by atoms with Crippen LogP contribution in [0.3, 0.4) is 0 Å². The lowest BCUT2D eigenvalue weighted by molar-refractivity contribution is 0.143. The summed E-state index contributed by atoms with van der Waals surface area (Å²) in [5, 5.41) is 9.64. The first-order valence-corrected chi connectivity index (χ1v) is 6.43. The number of rotatable bonds is 5. The molecule has 17 heavy (non-hydrogen) atoms. The average Bonchev–Trinajstić information content (AvgIpc) is 2.86. The smallest absolute Gasteiger partial charge is 0.124 e. The third kappa shape index (κ3) is 2.79. The van der Waals surface area contributed by atoms with Crippen LogP contribution in [-0.2, 0) is 0 Å². The van der Waals surface area contributed by atoms with Crippen LogP contribution in [0, 0.1) is 0 Å². The van der Waals surface area contributed by atoms with Crippen molar-refractivity contribution in [2.45, 2.75) is 25.8 Å². The molecule has 1 saturated heterocycles. The first kappa shape index (κ1) is 12.4. The molecule has 1 N–H and O–H groups in total. The summed E-state index contributed by atoms with van der Waals surface area (Å²) in [5.41, 5.74) is 1.11. The van der Waals surface area contributed by atoms with Crippen LogP contribution in [-0.4, -0.2) is 36.3 Å². The molecule has 0 radical (unpaired) electrons. The van der Waals surface area contributed by atoms with Gasteiger partial charge in [-0.3, -0.25) is 4.90 Å². The number of hydrogen-bond acceptors (Lipinski definition) is 3. The molecular formula is C14H21NO2. The minimum atomic E-state index is 0.0836. The molecule has 0 bridgehead atoms. The van der Waals surface area contributed by atoms with Crippen molar-refractivity contribution in [3.8, 4) is 5.75 Å². The van der Waals surface area contributed by atoms with Gasteiger partial charge >= 0.3 is 0 Å². The topological polar surface area (TPSA) is 32.7 Å². The van der Waals surface area contributed by atoms with E-state index in [9.17, 15) is 5.11 Å². The molecule has 1 atom stereocenters. The van der Waals surface area contributed by atoms with Crippen molar-refractivity contribution in [3.05, 3.63) is 29.8 Å². The highest BCUT2D eigenvalue weighted by Crippen LogP contribution is 2.31. The molecule has 1 aromatic carbocycles. The van der Waals surface area contributed by atoms with Gasteiger partial charge in [-0.25, -0.2) is 0 Å². The molecule has 1 aliphatic heterocycles. The first-order chi connectivity index (χ1) is 8.36. The van der Waals surface area contributed by atoms with E-state index in [1.54, 1.807) is 0 Å². The Morgan fingerprint density at radius 2 is 2.00 bits per heavy atom. The number of nitrogens with zero attached hydrogens (tertiary/aromatic N) is 1. The van der Waals surface area contributed by atoms with Gasteiger partial charge in [0, 0.05) is 5.56 Å². The zero-order chi connectivity index (χ0) is 12.1. The van der Waals surface area contributed by atoms with Gasteiger partial charge in [-0.1, -0.05) is 18.2 Å². The van der Waals surface area contributed by atoms with Crippen molar-refractivity contribution in [1.82, 2.24) is 4.90 Å². The molecular weight excluding hydrogens is 214 g/mol. The van der Waals surface area contributed by atoms with Crippen LogP contribution in [0.15, 0.2) is 24.3 Å². The largest absolute Gasteiger partial charge is 0.494 e. The lowest BCUT2D eigenvalue weighted by atomic mass is 10.1. The van der Waals surface area contributed by atoms with Crippen LogP contribution < -0.4 is 4.74 Å². The van der Waals surface area contributed by atoms with Gasteiger partial charge in [0.2, 0.25) is 0 Å². The fourth-order valence-electron chi connectivity index (χ4n) is 2.51. The van der Waals surface area contributed by atoms with Crippen molar-refractivity contribution >= 4 is 0 Å². The van der Waals surface area contributed by atoms with Crippen molar-refractivity contribution in [3.63, 3.8) is 0 Å². The number of aliphatic hydroxyl groups excluding tert-OH is 1. The minimum absolute atomic E-state index is 0.0836. The fraction of sp³-hybridized carbons (Fsp3) is 0.571. The Hall–Kier alpha value is -1.06. The lowest BCUT2D eigenvalue weighted by Gasteiger charge is -2.27. The molecule has 94 valence electrons. The third-order valence-corrected chi connectivity index (χ3v) is 3.33. The fourth-order valence-corrected chi connectivity index (χ4v) is 2.51. The van der Waals surface area contributed by atoms with E-state index >= 15 is 0 Å². The Morgan fingerprint density at radius 1 is 1.29 bits per heavy atom. The summed E-state index contributed by atoms with van der Waals surface area (Å²) in [4.78, 5) is 2.35. The number of para-hydroxylation sites is 1. The molecule has 0 saturated carbocycles. The molecule has 0 amide bonds. The molecule has 1 heterocycles. The predicted octanol–water partition coefficient (Wildman–Crippen LogP) is 2.21. The molecule has 0 aliphatic carbocycles. The molecule has 0 aromatic heterocycles. The Balaban J connectivity index is 2.22. The van der Waals surface area contributed by atoms with Crippen LogP contribution >= 0.6 is 0 Å². The SMILES string of the molecule is CCOc1ccccc1C(CO)N1CCCC1. The van der Waals surface area contributed by atoms with E-state index in [1.807, 2.05) is 25.1 Å². The van der Waals surface area contributed by atoms with E-state index in [0.717, 1.165) is 24.4 Å². The standard InChI is InChI=1S/C14H21NO2/c1-2-17-14-8-4-3-7-12(14)13(11-16)15-9-5-6-10-15/h3-4,7-8,13,16H,2,5-6,9-11H2,1H3. The first-order valence-electron chi connectivity index (χ1n) is 6.43. The Bertz CT molecular complexity index is 348. The summed E-state index contributed by atoms with van der Waals surface area (Å²) < 4.78 is 5.64. The minimum Gasteiger partial charge on any atom is -0.494 e. The molecule has 2 rings (SSSR count). The molecule has 0 spiro atoms. The highest BCUT2D eigenvalue weighted by atomic mass is 16.5. The summed E-state index contributed by atoms with van der Waals surface area (Å²) in [7, 11) is 0. The van der Waals surface area contributed by atoms with Crippen molar-refractivity contribution in [2.75, 3.05) is 26.3 Å². The zero-order valence-electron chi connectivity index (χ0n) is 10.4. The van der Waals surface area contributed by atoms with Gasteiger partial charge in [0.25, 0.3) is 0 Å². The number of ether oxygens (including phenoxy) is 1. The maximum absolute atomic E-state index is 9.64. The number of aliphatic hydroxyl groups is 1. The maximum atomic E-state index is 9.64. The van der Waals surface area contributed by atoms with E-state index in [1.165, 1.54) is 12.8 Å². The molecule has 3 heteroatoms. The van der Waals surface area contributed by atoms with Crippen molar-refractivity contribution in [2.24, 2.45) is 0 Å². The highest BCUT2D eigenvalue weighted by molar-refractivity contribution is 5.36. The number of benzene rings is 1. The Labute approximate surface area is 103 Å². The van der Waals surface area contributed by atoms with Crippen molar-refractivity contribution < 1.29 is 9.84 Å². The van der Waals surface area contributed by atoms with Gasteiger partial charge in [0.05, 0.1) is 19.3 Å². The molecule has 1 aromatic rings. The average molecular weight is 235 g/mol. The second-order valence-electron chi connectivity index (χ2n) is 4.41. The molecule has 3 nitrogen and oxygen atoms in total. The van der Waals surface area contributed by atoms with Crippen LogP contribution in [0.4, 0.5) is 0 Å². The third-order valence-electron chi connectivity index (χ3n) is 3.33. The van der Waals surface area contributed by atoms with Gasteiger partial charge < -0.3 is 9.84 Å². The predicted molar refractivity (Wildman–Crippen MR) is 68.2 cm³/mol. The van der Waals surface area contributed by atoms with Crippen LogP contribution in [0.2, 0.25) is 0 Å². The van der Waals surface area contributed by atoms with E-state index in [-0.39, 0.29) is 12.6 Å². The normalized spacial score (nSPS) is 18.2. The van der Waals surface area contributed by atoms with Gasteiger partial charge in [-0.15, -0.1) is 0 Å². The molecule has 1 unspecified atom stereocenters. The summed E-state index contributed by atoms with van der Waals surface area (Å²) in [5.74, 6) is 0.904. The van der Waals surface area contributed by atoms with E-state index in [2.05, 4.69) is 11.0 Å². The van der Waals surface area contributed by atoms with E-state index in [0.29, 0.717) is 6.61 Å². The van der Waals surface area contributed by atoms with Gasteiger partial charge in [0.15, 0.2) is 0 Å².